The molecule has 0 saturated carbocycles. The first-order valence-electron chi connectivity index (χ1n) is 10.0. The zero-order valence-corrected chi connectivity index (χ0v) is 16.9. The van der Waals surface area contributed by atoms with Crippen molar-refractivity contribution in [2.45, 2.75) is 38.0 Å². The summed E-state index contributed by atoms with van der Waals surface area (Å²) in [6, 6.07) is 8.40. The van der Waals surface area contributed by atoms with Gasteiger partial charge >= 0.3 is 0 Å². The van der Waals surface area contributed by atoms with Crippen molar-refractivity contribution in [1.29, 1.82) is 0 Å². The number of hydrogen-bond acceptors (Lipinski definition) is 4. The molecular formula is C22H29N5O2. The molecule has 154 valence electrons. The molecule has 0 radical (unpaired) electrons. The third-order valence-corrected chi connectivity index (χ3v) is 5.69. The fourth-order valence-electron chi connectivity index (χ4n) is 4.09. The normalized spacial score (nSPS) is 17.8. The first-order chi connectivity index (χ1) is 13.9. The van der Waals surface area contributed by atoms with Crippen LogP contribution in [0, 0.1) is 0 Å². The summed E-state index contributed by atoms with van der Waals surface area (Å²) < 4.78 is 1.54. The molecule has 2 amide bonds. The number of rotatable bonds is 3. The van der Waals surface area contributed by atoms with Crippen LogP contribution in [0.3, 0.4) is 0 Å². The van der Waals surface area contributed by atoms with E-state index < -0.39 is 5.91 Å². The molecule has 0 spiro atoms. The van der Waals surface area contributed by atoms with Crippen LogP contribution in [-0.2, 0) is 24.7 Å². The van der Waals surface area contributed by atoms with Crippen LogP contribution in [0.1, 0.15) is 52.4 Å². The van der Waals surface area contributed by atoms with E-state index in [9.17, 15) is 9.59 Å². The first kappa shape index (κ1) is 20.6. The number of aromatic nitrogens is 2. The van der Waals surface area contributed by atoms with Gasteiger partial charge < -0.3 is 16.4 Å². The number of nitrogens with zero attached hydrogens (tertiary/aromatic N) is 3. The van der Waals surface area contributed by atoms with Gasteiger partial charge in [-0.25, -0.2) is 0 Å². The van der Waals surface area contributed by atoms with Crippen LogP contribution in [0.2, 0.25) is 0 Å². The Morgan fingerprint density at radius 1 is 1.21 bits per heavy atom. The van der Waals surface area contributed by atoms with Gasteiger partial charge in [0.1, 0.15) is 11.4 Å². The number of carbonyl (C=O) groups excluding carboxylic acids is 2. The molecule has 7 heteroatoms. The molecule has 1 fully saturated rings. The lowest BCUT2D eigenvalue weighted by Crippen LogP contribution is -2.25. The van der Waals surface area contributed by atoms with E-state index in [1.54, 1.807) is 7.05 Å². The van der Waals surface area contributed by atoms with E-state index in [2.05, 4.69) is 29.9 Å². The van der Waals surface area contributed by atoms with Gasteiger partial charge in [-0.15, -0.1) is 0 Å². The van der Waals surface area contributed by atoms with Crippen molar-refractivity contribution in [3.63, 3.8) is 0 Å². The minimum atomic E-state index is -0.496. The van der Waals surface area contributed by atoms with Crippen molar-refractivity contribution in [2.75, 3.05) is 18.8 Å². The SMILES string of the molecule is C=CC(=O)N1CCCC1.Cn1nc(C2CCc3ccccc3C2)c(C(N)=O)c1N. The van der Waals surface area contributed by atoms with Gasteiger partial charge in [-0.05, 0) is 49.3 Å². The molecule has 1 saturated heterocycles. The number of primary amides is 1. The maximum Gasteiger partial charge on any atom is 0.254 e. The maximum absolute atomic E-state index is 11.6. The van der Waals surface area contributed by atoms with Crippen LogP contribution in [-0.4, -0.2) is 39.6 Å². The Balaban J connectivity index is 0.000000224. The van der Waals surface area contributed by atoms with Crippen LogP contribution in [0.15, 0.2) is 36.9 Å². The predicted octanol–water partition coefficient (Wildman–Crippen LogP) is 2.17. The number of anilines is 1. The van der Waals surface area contributed by atoms with Gasteiger partial charge in [0.15, 0.2) is 0 Å². The second-order valence-corrected chi connectivity index (χ2v) is 7.58. The minimum Gasteiger partial charge on any atom is -0.383 e. The lowest BCUT2D eigenvalue weighted by Gasteiger charge is -2.23. The van der Waals surface area contributed by atoms with E-state index in [1.165, 1.54) is 21.9 Å². The van der Waals surface area contributed by atoms with Crippen molar-refractivity contribution in [3.8, 4) is 0 Å². The van der Waals surface area contributed by atoms with Gasteiger partial charge in [-0.2, -0.15) is 5.10 Å². The lowest BCUT2D eigenvalue weighted by molar-refractivity contribution is -0.124. The second-order valence-electron chi connectivity index (χ2n) is 7.58. The summed E-state index contributed by atoms with van der Waals surface area (Å²) >= 11 is 0. The number of aryl methyl sites for hydroxylation is 2. The van der Waals surface area contributed by atoms with E-state index in [-0.39, 0.29) is 11.8 Å². The molecule has 4 rings (SSSR count). The number of fused-ring (bicyclic) bond motifs is 1. The van der Waals surface area contributed by atoms with E-state index in [4.69, 9.17) is 11.5 Å². The van der Waals surface area contributed by atoms with Crippen LogP contribution >= 0.6 is 0 Å². The highest BCUT2D eigenvalue weighted by Gasteiger charge is 2.28. The topological polar surface area (TPSA) is 107 Å². The standard InChI is InChI=1S/C15H18N4O.C7H11NO/c1-19-14(16)12(15(17)20)13(18-19)11-7-6-9-4-2-3-5-10(9)8-11;1-2-7(9)8-5-3-4-6-8/h2-5,11H,6-8,16H2,1H3,(H2,17,20);2H,1,3-6H2. The average Bonchev–Trinajstić information content (AvgIpc) is 3.36. The maximum atomic E-state index is 11.6. The van der Waals surface area contributed by atoms with E-state index >= 15 is 0 Å². The minimum absolute atomic E-state index is 0.0764. The van der Waals surface area contributed by atoms with Crippen LogP contribution < -0.4 is 11.5 Å². The monoisotopic (exact) mass is 395 g/mol. The van der Waals surface area contributed by atoms with Crippen molar-refractivity contribution in [3.05, 3.63) is 59.3 Å². The molecule has 2 aliphatic rings. The summed E-state index contributed by atoms with van der Waals surface area (Å²) in [5.41, 5.74) is 15.2. The molecule has 4 N–H and O–H groups in total. The molecule has 1 atom stereocenters. The molecule has 1 aliphatic heterocycles. The molecular weight excluding hydrogens is 366 g/mol. The van der Waals surface area contributed by atoms with Crippen molar-refractivity contribution < 1.29 is 9.59 Å². The lowest BCUT2D eigenvalue weighted by atomic mass is 9.81. The van der Waals surface area contributed by atoms with Crippen molar-refractivity contribution >= 4 is 17.6 Å². The summed E-state index contributed by atoms with van der Waals surface area (Å²) in [7, 11) is 1.74. The number of hydrogen-bond donors (Lipinski definition) is 2. The highest BCUT2D eigenvalue weighted by atomic mass is 16.2. The number of carbonyl (C=O) groups is 2. The molecule has 7 nitrogen and oxygen atoms in total. The molecule has 1 unspecified atom stereocenters. The van der Waals surface area contributed by atoms with Gasteiger partial charge in [0.2, 0.25) is 5.91 Å². The zero-order valence-electron chi connectivity index (χ0n) is 16.9. The van der Waals surface area contributed by atoms with Crippen molar-refractivity contribution in [1.82, 2.24) is 14.7 Å². The highest BCUT2D eigenvalue weighted by molar-refractivity contribution is 5.98. The van der Waals surface area contributed by atoms with E-state index in [1.807, 2.05) is 11.0 Å². The first-order valence-corrected chi connectivity index (χ1v) is 10.0. The van der Waals surface area contributed by atoms with Gasteiger partial charge in [-0.1, -0.05) is 30.8 Å². The Bertz CT molecular complexity index is 912. The van der Waals surface area contributed by atoms with Crippen LogP contribution in [0.5, 0.6) is 0 Å². The van der Waals surface area contributed by atoms with Gasteiger partial charge in [0.25, 0.3) is 5.91 Å². The Hall–Kier alpha value is -3.09. The molecule has 29 heavy (non-hydrogen) atoms. The van der Waals surface area contributed by atoms with Crippen LogP contribution in [0.25, 0.3) is 0 Å². The number of benzene rings is 1. The second kappa shape index (κ2) is 8.94. The predicted molar refractivity (Wildman–Crippen MR) is 113 cm³/mol. The molecule has 1 aromatic heterocycles. The summed E-state index contributed by atoms with van der Waals surface area (Å²) in [6.07, 6.45) is 6.53. The molecule has 2 heterocycles. The van der Waals surface area contributed by atoms with E-state index in [0.29, 0.717) is 11.4 Å². The highest BCUT2D eigenvalue weighted by Crippen LogP contribution is 2.34. The van der Waals surface area contributed by atoms with Crippen LogP contribution in [0.4, 0.5) is 5.82 Å². The zero-order chi connectivity index (χ0) is 21.0. The number of amides is 2. The summed E-state index contributed by atoms with van der Waals surface area (Å²) in [5.74, 6) is 0.138. The van der Waals surface area contributed by atoms with Gasteiger partial charge in [0, 0.05) is 26.1 Å². The molecule has 1 aromatic carbocycles. The molecule has 1 aliphatic carbocycles. The Morgan fingerprint density at radius 3 is 2.48 bits per heavy atom. The average molecular weight is 396 g/mol. The van der Waals surface area contributed by atoms with Gasteiger partial charge in [0.05, 0.1) is 5.69 Å². The molecule has 0 bridgehead atoms. The third kappa shape index (κ3) is 4.50. The quantitative estimate of drug-likeness (QED) is 0.777. The third-order valence-electron chi connectivity index (χ3n) is 5.69. The fraction of sp³-hybridized carbons (Fsp3) is 0.409. The Kier molecular flexibility index (Phi) is 6.36. The summed E-state index contributed by atoms with van der Waals surface area (Å²) in [6.45, 7) is 5.26. The smallest absolute Gasteiger partial charge is 0.254 e. The fourth-order valence-corrected chi connectivity index (χ4v) is 4.09. The number of nitrogens with two attached hydrogens (primary N) is 2. The molecule has 2 aromatic rings. The largest absolute Gasteiger partial charge is 0.383 e. The number of likely N-dealkylation sites (tertiary alicyclic amines) is 1. The van der Waals surface area contributed by atoms with E-state index in [0.717, 1.165) is 50.9 Å². The number of nitrogen functional groups attached to an aromatic ring is 1. The Morgan fingerprint density at radius 2 is 1.86 bits per heavy atom. The van der Waals surface area contributed by atoms with Crippen molar-refractivity contribution in [2.24, 2.45) is 12.8 Å². The summed E-state index contributed by atoms with van der Waals surface area (Å²) in [5, 5.41) is 4.42. The summed E-state index contributed by atoms with van der Waals surface area (Å²) in [4.78, 5) is 24.3. The Labute approximate surface area is 171 Å². The van der Waals surface area contributed by atoms with Gasteiger partial charge in [-0.3, -0.25) is 14.3 Å².